The highest BCUT2D eigenvalue weighted by molar-refractivity contribution is 14.1. The van der Waals surface area contributed by atoms with Crippen LogP contribution in [0, 0.1) is 3.57 Å². The van der Waals surface area contributed by atoms with Crippen LogP contribution in [-0.4, -0.2) is 19.9 Å². The summed E-state index contributed by atoms with van der Waals surface area (Å²) in [6, 6.07) is 0. The van der Waals surface area contributed by atoms with Crippen molar-refractivity contribution in [2.24, 2.45) is 0 Å². The second-order valence-electron chi connectivity index (χ2n) is 3.86. The largest absolute Gasteiger partial charge is 0.304 e. The highest BCUT2D eigenvalue weighted by Crippen LogP contribution is 2.18. The number of nitrogens with zero attached hydrogens (tertiary/aromatic N) is 3. The summed E-state index contributed by atoms with van der Waals surface area (Å²) in [6.07, 6.45) is 4.73. The van der Waals surface area contributed by atoms with Gasteiger partial charge >= 0.3 is 0 Å². The summed E-state index contributed by atoms with van der Waals surface area (Å²) in [6.45, 7) is 4.01. The molecular formula is C11H11IN4O. The van der Waals surface area contributed by atoms with E-state index in [1.54, 1.807) is 18.6 Å². The SMILES string of the molecule is CC(C)c1nc(-c2cnccn2)[nH]c(=O)c1I. The van der Waals surface area contributed by atoms with E-state index in [1.165, 1.54) is 0 Å². The van der Waals surface area contributed by atoms with Crippen LogP contribution in [-0.2, 0) is 0 Å². The molecule has 0 spiro atoms. The molecule has 5 nitrogen and oxygen atoms in total. The molecule has 0 aliphatic rings. The summed E-state index contributed by atoms with van der Waals surface area (Å²) in [5, 5.41) is 0. The van der Waals surface area contributed by atoms with Crippen LogP contribution in [0.3, 0.4) is 0 Å². The van der Waals surface area contributed by atoms with Crippen LogP contribution in [0.5, 0.6) is 0 Å². The van der Waals surface area contributed by atoms with Crippen molar-refractivity contribution in [3.05, 3.63) is 38.2 Å². The lowest BCUT2D eigenvalue weighted by molar-refractivity contribution is 0.801. The third-order valence-electron chi connectivity index (χ3n) is 2.24. The summed E-state index contributed by atoms with van der Waals surface area (Å²) in [5.74, 6) is 0.659. The first-order valence-electron chi connectivity index (χ1n) is 5.15. The normalized spacial score (nSPS) is 10.8. The molecule has 2 aromatic rings. The van der Waals surface area contributed by atoms with E-state index in [2.05, 4.69) is 19.9 Å². The lowest BCUT2D eigenvalue weighted by Crippen LogP contribution is -2.17. The molecule has 0 saturated heterocycles. The second-order valence-corrected chi connectivity index (χ2v) is 4.94. The predicted molar refractivity (Wildman–Crippen MR) is 72.7 cm³/mol. The number of halogens is 1. The summed E-state index contributed by atoms with van der Waals surface area (Å²) in [7, 11) is 0. The first-order valence-corrected chi connectivity index (χ1v) is 6.23. The Bertz CT molecular complexity index is 580. The van der Waals surface area contributed by atoms with E-state index in [1.807, 2.05) is 36.4 Å². The van der Waals surface area contributed by atoms with Gasteiger partial charge in [0.1, 0.15) is 5.69 Å². The lowest BCUT2D eigenvalue weighted by atomic mass is 10.1. The average Bonchev–Trinajstić information content (AvgIpc) is 2.33. The van der Waals surface area contributed by atoms with Gasteiger partial charge in [-0.1, -0.05) is 13.8 Å². The van der Waals surface area contributed by atoms with Crippen LogP contribution in [0.4, 0.5) is 0 Å². The van der Waals surface area contributed by atoms with E-state index in [9.17, 15) is 4.79 Å². The number of hydrogen-bond acceptors (Lipinski definition) is 4. The Morgan fingerprint density at radius 2 is 2.12 bits per heavy atom. The van der Waals surface area contributed by atoms with Gasteiger partial charge in [0.15, 0.2) is 5.82 Å². The molecule has 0 unspecified atom stereocenters. The quantitative estimate of drug-likeness (QED) is 0.847. The summed E-state index contributed by atoms with van der Waals surface area (Å²) >= 11 is 2.01. The molecule has 0 fully saturated rings. The molecule has 0 aliphatic carbocycles. The summed E-state index contributed by atoms with van der Waals surface area (Å²) < 4.78 is 0.630. The zero-order valence-electron chi connectivity index (χ0n) is 9.44. The number of rotatable bonds is 2. The standard InChI is InChI=1S/C11H11IN4O/c1-6(2)9-8(12)11(17)16-10(15-9)7-5-13-3-4-14-7/h3-6H,1-2H3,(H,15,16,17). The Morgan fingerprint density at radius 1 is 1.35 bits per heavy atom. The minimum absolute atomic E-state index is 0.134. The maximum Gasteiger partial charge on any atom is 0.264 e. The van der Waals surface area contributed by atoms with Gasteiger partial charge in [0.05, 0.1) is 15.5 Å². The molecule has 2 rings (SSSR count). The van der Waals surface area contributed by atoms with Crippen molar-refractivity contribution >= 4 is 22.6 Å². The molecule has 0 aliphatic heterocycles. The van der Waals surface area contributed by atoms with Crippen LogP contribution in [0.15, 0.2) is 23.4 Å². The van der Waals surface area contributed by atoms with Crippen molar-refractivity contribution in [2.75, 3.05) is 0 Å². The van der Waals surface area contributed by atoms with Crippen molar-refractivity contribution in [3.8, 4) is 11.5 Å². The molecule has 1 N–H and O–H groups in total. The molecule has 2 aromatic heterocycles. The molecule has 6 heteroatoms. The van der Waals surface area contributed by atoms with Gasteiger partial charge in [-0.15, -0.1) is 0 Å². The Morgan fingerprint density at radius 3 is 2.71 bits per heavy atom. The average molecular weight is 342 g/mol. The van der Waals surface area contributed by atoms with E-state index in [0.29, 0.717) is 15.1 Å². The first kappa shape index (κ1) is 12.2. The molecule has 0 saturated carbocycles. The van der Waals surface area contributed by atoms with Gasteiger partial charge in [-0.25, -0.2) is 9.97 Å². The molecule has 0 aromatic carbocycles. The first-order chi connectivity index (χ1) is 8.09. The molecule has 0 bridgehead atoms. The Hall–Kier alpha value is -1.31. The van der Waals surface area contributed by atoms with E-state index in [0.717, 1.165) is 5.69 Å². The smallest absolute Gasteiger partial charge is 0.264 e. The Kier molecular flexibility index (Phi) is 3.51. The Balaban J connectivity index is 2.62. The van der Waals surface area contributed by atoms with Gasteiger partial charge in [-0.2, -0.15) is 0 Å². The fourth-order valence-corrected chi connectivity index (χ4v) is 2.28. The number of hydrogen-bond donors (Lipinski definition) is 1. The van der Waals surface area contributed by atoms with E-state index >= 15 is 0 Å². The molecule has 0 radical (unpaired) electrons. The number of aromatic nitrogens is 4. The second kappa shape index (κ2) is 4.91. The number of aromatic amines is 1. The summed E-state index contributed by atoms with van der Waals surface area (Å²) in [5.41, 5.74) is 1.22. The maximum atomic E-state index is 11.8. The van der Waals surface area contributed by atoms with Crippen molar-refractivity contribution in [2.45, 2.75) is 19.8 Å². The molecule has 88 valence electrons. The fourth-order valence-electron chi connectivity index (χ4n) is 1.40. The van der Waals surface area contributed by atoms with Crippen LogP contribution >= 0.6 is 22.6 Å². The zero-order valence-corrected chi connectivity index (χ0v) is 11.6. The molecular weight excluding hydrogens is 331 g/mol. The minimum atomic E-state index is -0.134. The molecule has 0 atom stereocenters. The van der Waals surface area contributed by atoms with Crippen molar-refractivity contribution in [1.29, 1.82) is 0 Å². The van der Waals surface area contributed by atoms with Gasteiger partial charge in [0.2, 0.25) is 0 Å². The predicted octanol–water partition coefficient (Wildman–Crippen LogP) is 1.95. The van der Waals surface area contributed by atoms with Crippen LogP contribution in [0.2, 0.25) is 0 Å². The molecule has 17 heavy (non-hydrogen) atoms. The van der Waals surface area contributed by atoms with E-state index in [-0.39, 0.29) is 11.5 Å². The van der Waals surface area contributed by atoms with Crippen molar-refractivity contribution in [1.82, 2.24) is 19.9 Å². The van der Waals surface area contributed by atoms with Crippen LogP contribution in [0.25, 0.3) is 11.5 Å². The minimum Gasteiger partial charge on any atom is -0.304 e. The van der Waals surface area contributed by atoms with Crippen LogP contribution in [0.1, 0.15) is 25.5 Å². The number of nitrogens with one attached hydrogen (secondary N) is 1. The molecule has 0 amide bonds. The third kappa shape index (κ3) is 2.51. The molecule has 2 heterocycles. The highest BCUT2D eigenvalue weighted by atomic mass is 127. The third-order valence-corrected chi connectivity index (χ3v) is 3.28. The van der Waals surface area contributed by atoms with Gasteiger partial charge in [-0.05, 0) is 28.5 Å². The lowest BCUT2D eigenvalue weighted by Gasteiger charge is -2.08. The van der Waals surface area contributed by atoms with Crippen molar-refractivity contribution in [3.63, 3.8) is 0 Å². The monoisotopic (exact) mass is 342 g/mol. The van der Waals surface area contributed by atoms with E-state index < -0.39 is 0 Å². The van der Waals surface area contributed by atoms with Crippen molar-refractivity contribution < 1.29 is 0 Å². The van der Waals surface area contributed by atoms with Gasteiger partial charge in [0, 0.05) is 12.4 Å². The maximum absolute atomic E-state index is 11.8. The fraction of sp³-hybridized carbons (Fsp3) is 0.273. The van der Waals surface area contributed by atoms with E-state index in [4.69, 9.17) is 0 Å². The van der Waals surface area contributed by atoms with Gasteiger partial charge in [0.25, 0.3) is 5.56 Å². The zero-order chi connectivity index (χ0) is 12.4. The van der Waals surface area contributed by atoms with Gasteiger partial charge < -0.3 is 4.98 Å². The summed E-state index contributed by atoms with van der Waals surface area (Å²) in [4.78, 5) is 27.0. The highest BCUT2D eigenvalue weighted by Gasteiger charge is 2.13. The Labute approximate surface area is 112 Å². The topological polar surface area (TPSA) is 71.5 Å². The van der Waals surface area contributed by atoms with Crippen LogP contribution < -0.4 is 5.56 Å². The van der Waals surface area contributed by atoms with Gasteiger partial charge in [-0.3, -0.25) is 9.78 Å². The number of H-pyrrole nitrogens is 1.